The highest BCUT2D eigenvalue weighted by Crippen LogP contribution is 2.38. The lowest BCUT2D eigenvalue weighted by atomic mass is 9.97. The molecule has 0 aliphatic heterocycles. The van der Waals surface area contributed by atoms with Crippen molar-refractivity contribution in [2.24, 2.45) is 0 Å². The summed E-state index contributed by atoms with van der Waals surface area (Å²) in [6.07, 6.45) is 0. The van der Waals surface area contributed by atoms with Gasteiger partial charge in [-0.05, 0) is 69.1 Å². The third kappa shape index (κ3) is 4.53. The molecule has 0 fully saturated rings. The molecule has 11 rings (SSSR count). The molecule has 0 aliphatic rings. The van der Waals surface area contributed by atoms with Gasteiger partial charge in [-0.1, -0.05) is 127 Å². The van der Waals surface area contributed by atoms with Gasteiger partial charge in [0.25, 0.3) is 0 Å². The van der Waals surface area contributed by atoms with Crippen LogP contribution in [0.5, 0.6) is 0 Å². The number of nitrogens with zero attached hydrogens (tertiary/aromatic N) is 3. The molecule has 0 atom stereocenters. The van der Waals surface area contributed by atoms with Crippen LogP contribution in [0.3, 0.4) is 0 Å². The molecule has 5 heteroatoms. The molecule has 8 aromatic carbocycles. The van der Waals surface area contributed by atoms with E-state index in [1.54, 1.807) is 0 Å². The third-order valence-electron chi connectivity index (χ3n) is 10.1. The van der Waals surface area contributed by atoms with Gasteiger partial charge < -0.3 is 8.83 Å². The molecule has 52 heavy (non-hydrogen) atoms. The van der Waals surface area contributed by atoms with Gasteiger partial charge in [-0.25, -0.2) is 15.0 Å². The first kappa shape index (κ1) is 28.7. The standard InChI is InChI=1S/C47H27N3O2/c1-2-11-34-28(9-1)10-7-14-35(34)29-19-21-30(22-20-29)45-48-46(50-47(49-45)38-15-8-18-42-44(38)37-13-4-6-17-41(37)51-42)32-24-23-31-26-39-36-12-3-5-16-40(36)52-43(39)27-33(31)25-32/h1-27H. The maximum atomic E-state index is 6.26. The van der Waals surface area contributed by atoms with Crippen LogP contribution >= 0.6 is 0 Å². The lowest BCUT2D eigenvalue weighted by Crippen LogP contribution is -2.00. The molecule has 11 aromatic rings. The quantitative estimate of drug-likeness (QED) is 0.187. The summed E-state index contributed by atoms with van der Waals surface area (Å²) in [5.41, 5.74) is 8.37. The lowest BCUT2D eigenvalue weighted by molar-refractivity contribution is 0.669. The Morgan fingerprint density at radius 2 is 0.904 bits per heavy atom. The van der Waals surface area contributed by atoms with Gasteiger partial charge in [0.2, 0.25) is 0 Å². The zero-order valence-corrected chi connectivity index (χ0v) is 27.7. The molecule has 0 bridgehead atoms. The monoisotopic (exact) mass is 665 g/mol. The Bertz CT molecular complexity index is 3190. The summed E-state index contributed by atoms with van der Waals surface area (Å²) < 4.78 is 12.5. The van der Waals surface area contributed by atoms with E-state index < -0.39 is 0 Å². The topological polar surface area (TPSA) is 65.0 Å². The van der Waals surface area contributed by atoms with Gasteiger partial charge in [0, 0.05) is 38.2 Å². The highest BCUT2D eigenvalue weighted by molar-refractivity contribution is 6.12. The summed E-state index contributed by atoms with van der Waals surface area (Å²) in [4.78, 5) is 15.4. The van der Waals surface area contributed by atoms with Crippen LogP contribution in [0.15, 0.2) is 173 Å². The number of hydrogen-bond donors (Lipinski definition) is 0. The van der Waals surface area contributed by atoms with Crippen LogP contribution in [0.4, 0.5) is 0 Å². The summed E-state index contributed by atoms with van der Waals surface area (Å²) in [5.74, 6) is 1.78. The zero-order chi connectivity index (χ0) is 34.2. The number of benzene rings is 8. The second-order valence-electron chi connectivity index (χ2n) is 13.2. The smallest absolute Gasteiger partial charge is 0.164 e. The molecule has 242 valence electrons. The van der Waals surface area contributed by atoms with E-state index in [9.17, 15) is 0 Å². The minimum absolute atomic E-state index is 0.586. The Balaban J connectivity index is 1.10. The van der Waals surface area contributed by atoms with Crippen LogP contribution in [0.1, 0.15) is 0 Å². The van der Waals surface area contributed by atoms with E-state index in [4.69, 9.17) is 23.8 Å². The molecule has 0 radical (unpaired) electrons. The zero-order valence-electron chi connectivity index (χ0n) is 27.7. The number of para-hydroxylation sites is 2. The highest BCUT2D eigenvalue weighted by atomic mass is 16.3. The van der Waals surface area contributed by atoms with Gasteiger partial charge in [0.1, 0.15) is 22.3 Å². The van der Waals surface area contributed by atoms with Gasteiger partial charge in [-0.15, -0.1) is 0 Å². The van der Waals surface area contributed by atoms with Crippen LogP contribution in [-0.2, 0) is 0 Å². The normalized spacial score (nSPS) is 11.8. The Morgan fingerprint density at radius 3 is 1.77 bits per heavy atom. The van der Waals surface area contributed by atoms with Crippen molar-refractivity contribution < 1.29 is 8.83 Å². The molecule has 5 nitrogen and oxygen atoms in total. The molecule has 0 saturated carbocycles. The summed E-state index contributed by atoms with van der Waals surface area (Å²) in [5, 5.41) is 8.84. The average molecular weight is 666 g/mol. The molecule has 3 heterocycles. The van der Waals surface area contributed by atoms with Crippen LogP contribution in [-0.4, -0.2) is 15.0 Å². The molecule has 3 aromatic heterocycles. The largest absolute Gasteiger partial charge is 0.456 e. The number of hydrogen-bond acceptors (Lipinski definition) is 5. The predicted molar refractivity (Wildman–Crippen MR) is 211 cm³/mol. The van der Waals surface area contributed by atoms with Crippen molar-refractivity contribution in [2.75, 3.05) is 0 Å². The molecule has 0 N–H and O–H groups in total. The van der Waals surface area contributed by atoms with Crippen LogP contribution in [0, 0.1) is 0 Å². The van der Waals surface area contributed by atoms with E-state index in [0.717, 1.165) is 76.9 Å². The summed E-state index contributed by atoms with van der Waals surface area (Å²) in [6, 6.07) is 56.4. The minimum atomic E-state index is 0.586. The van der Waals surface area contributed by atoms with Crippen molar-refractivity contribution >= 4 is 65.4 Å². The lowest BCUT2D eigenvalue weighted by Gasteiger charge is -2.11. The number of rotatable bonds is 4. The maximum Gasteiger partial charge on any atom is 0.164 e. The molecular weight excluding hydrogens is 639 g/mol. The van der Waals surface area contributed by atoms with E-state index in [0.29, 0.717) is 17.5 Å². The van der Waals surface area contributed by atoms with Crippen molar-refractivity contribution in [1.82, 2.24) is 15.0 Å². The predicted octanol–water partition coefficient (Wildman–Crippen LogP) is 12.6. The molecule has 0 amide bonds. The summed E-state index contributed by atoms with van der Waals surface area (Å²) >= 11 is 0. The fourth-order valence-electron chi connectivity index (χ4n) is 7.60. The first-order valence-corrected chi connectivity index (χ1v) is 17.3. The Labute approximate surface area is 297 Å². The number of fused-ring (bicyclic) bond motifs is 8. The molecule has 0 unspecified atom stereocenters. The second kappa shape index (κ2) is 11.2. The van der Waals surface area contributed by atoms with Crippen molar-refractivity contribution in [3.63, 3.8) is 0 Å². The van der Waals surface area contributed by atoms with Gasteiger partial charge in [-0.3, -0.25) is 0 Å². The number of aromatic nitrogens is 3. The first-order chi connectivity index (χ1) is 25.7. The first-order valence-electron chi connectivity index (χ1n) is 17.3. The van der Waals surface area contributed by atoms with E-state index in [-0.39, 0.29) is 0 Å². The van der Waals surface area contributed by atoms with Gasteiger partial charge in [0.15, 0.2) is 17.5 Å². The van der Waals surface area contributed by atoms with Crippen LogP contribution < -0.4 is 0 Å². The third-order valence-corrected chi connectivity index (χ3v) is 10.1. The fourth-order valence-corrected chi connectivity index (χ4v) is 7.60. The van der Waals surface area contributed by atoms with E-state index in [1.165, 1.54) is 16.3 Å². The highest BCUT2D eigenvalue weighted by Gasteiger charge is 2.18. The van der Waals surface area contributed by atoms with Gasteiger partial charge >= 0.3 is 0 Å². The molecule has 0 aliphatic carbocycles. The Kier molecular flexibility index (Phi) is 6.18. The molecular formula is C47H27N3O2. The minimum Gasteiger partial charge on any atom is -0.456 e. The van der Waals surface area contributed by atoms with Crippen LogP contribution in [0.25, 0.3) is 111 Å². The van der Waals surface area contributed by atoms with Crippen molar-refractivity contribution in [3.8, 4) is 45.3 Å². The van der Waals surface area contributed by atoms with Gasteiger partial charge in [-0.2, -0.15) is 0 Å². The van der Waals surface area contributed by atoms with Gasteiger partial charge in [0.05, 0.1) is 0 Å². The van der Waals surface area contributed by atoms with Crippen molar-refractivity contribution in [3.05, 3.63) is 164 Å². The summed E-state index contributed by atoms with van der Waals surface area (Å²) in [7, 11) is 0. The fraction of sp³-hybridized carbons (Fsp3) is 0. The van der Waals surface area contributed by atoms with E-state index in [1.807, 2.05) is 48.5 Å². The van der Waals surface area contributed by atoms with E-state index in [2.05, 4.69) is 115 Å². The van der Waals surface area contributed by atoms with Crippen molar-refractivity contribution in [1.29, 1.82) is 0 Å². The maximum absolute atomic E-state index is 6.26. The SMILES string of the molecule is c1ccc2c(-c3ccc(-c4nc(-c5ccc6cc7c(cc6c5)oc5ccccc57)nc(-c5cccc6oc7ccccc7c56)n4)cc3)cccc2c1. The Morgan fingerprint density at radius 1 is 0.308 bits per heavy atom. The second-order valence-corrected chi connectivity index (χ2v) is 13.2. The van der Waals surface area contributed by atoms with Crippen LogP contribution in [0.2, 0.25) is 0 Å². The van der Waals surface area contributed by atoms with Crippen molar-refractivity contribution in [2.45, 2.75) is 0 Å². The number of furan rings is 2. The van der Waals surface area contributed by atoms with E-state index >= 15 is 0 Å². The summed E-state index contributed by atoms with van der Waals surface area (Å²) in [6.45, 7) is 0. The molecule has 0 saturated heterocycles. The average Bonchev–Trinajstić information content (AvgIpc) is 3.77. The molecule has 0 spiro atoms. The Hall–Kier alpha value is -7.11.